The maximum Gasteiger partial charge on any atom is 0.264 e. The Balaban J connectivity index is 1.18. The topological polar surface area (TPSA) is 88.1 Å². The highest BCUT2D eigenvalue weighted by molar-refractivity contribution is 8.18. The number of thiazole rings is 1. The predicted octanol–water partition coefficient (Wildman–Crippen LogP) is 3.87. The van der Waals surface area contributed by atoms with Crippen LogP contribution in [0.1, 0.15) is 40.8 Å². The molecule has 3 saturated heterocycles. The summed E-state index contributed by atoms with van der Waals surface area (Å²) in [5.74, 6) is 0.706. The third-order valence-electron chi connectivity index (χ3n) is 6.24. The Bertz CT molecular complexity index is 1100. The molecule has 186 valence electrons. The molecule has 0 saturated carbocycles. The fourth-order valence-corrected chi connectivity index (χ4v) is 6.14. The van der Waals surface area contributed by atoms with Crippen LogP contribution in [0.3, 0.4) is 0 Å². The number of nitrogens with one attached hydrogen (secondary N) is 2. The molecule has 3 aliphatic rings. The molecule has 35 heavy (non-hydrogen) atoms. The van der Waals surface area contributed by atoms with Crippen molar-refractivity contribution in [1.82, 2.24) is 20.5 Å². The first-order valence-corrected chi connectivity index (χ1v) is 13.8. The van der Waals surface area contributed by atoms with Crippen LogP contribution >= 0.6 is 23.1 Å². The molecule has 4 heterocycles. The van der Waals surface area contributed by atoms with Gasteiger partial charge in [0.1, 0.15) is 17.4 Å². The van der Waals surface area contributed by atoms with Crippen molar-refractivity contribution >= 4 is 45.9 Å². The number of rotatable bonds is 7. The third-order valence-corrected chi connectivity index (χ3v) is 8.21. The van der Waals surface area contributed by atoms with Crippen LogP contribution in [0.5, 0.6) is 5.75 Å². The molecule has 8 nitrogen and oxygen atoms in total. The summed E-state index contributed by atoms with van der Waals surface area (Å²) in [5, 5.41) is 8.10. The van der Waals surface area contributed by atoms with E-state index in [-0.39, 0.29) is 5.91 Å². The van der Waals surface area contributed by atoms with Crippen LogP contribution in [-0.4, -0.2) is 67.0 Å². The molecule has 1 unspecified atom stereocenters. The quantitative estimate of drug-likeness (QED) is 0.544. The summed E-state index contributed by atoms with van der Waals surface area (Å²) < 4.78 is 11.3. The van der Waals surface area contributed by atoms with E-state index in [0.717, 1.165) is 72.7 Å². The molecule has 3 aliphatic heterocycles. The number of nitrogens with zero attached hydrogens (tertiary/aromatic N) is 3. The largest absolute Gasteiger partial charge is 0.492 e. The second-order valence-electron chi connectivity index (χ2n) is 8.84. The van der Waals surface area contributed by atoms with Gasteiger partial charge in [0.15, 0.2) is 5.17 Å². The molecule has 2 N–H and O–H groups in total. The Hall–Kier alpha value is -2.24. The molecule has 0 radical (unpaired) electrons. The van der Waals surface area contributed by atoms with Crippen molar-refractivity contribution in [1.29, 1.82) is 0 Å². The molecule has 1 atom stereocenters. The number of ether oxygens (including phenoxy) is 2. The Morgan fingerprint density at radius 3 is 3.00 bits per heavy atom. The third kappa shape index (κ3) is 6.50. The smallest absolute Gasteiger partial charge is 0.264 e. The lowest BCUT2D eigenvalue weighted by molar-refractivity contribution is -0.115. The molecule has 1 aromatic carbocycles. The number of benzene rings is 1. The first kappa shape index (κ1) is 24.5. The van der Waals surface area contributed by atoms with E-state index >= 15 is 0 Å². The number of thioether (sulfide) groups is 1. The zero-order valence-electron chi connectivity index (χ0n) is 19.9. The molecule has 1 amide bonds. The van der Waals surface area contributed by atoms with Gasteiger partial charge in [-0.25, -0.2) is 9.98 Å². The Kier molecular flexibility index (Phi) is 8.15. The van der Waals surface area contributed by atoms with Gasteiger partial charge in [0.05, 0.1) is 29.8 Å². The van der Waals surface area contributed by atoms with Crippen LogP contribution in [0.25, 0.3) is 6.08 Å². The summed E-state index contributed by atoms with van der Waals surface area (Å²) in [4.78, 5) is 25.8. The fraction of sp³-hybridized carbons (Fsp3) is 0.480. The number of hydrogen-bond donors (Lipinski definition) is 2. The Morgan fingerprint density at radius 1 is 1.31 bits per heavy atom. The van der Waals surface area contributed by atoms with E-state index in [4.69, 9.17) is 9.47 Å². The van der Waals surface area contributed by atoms with Crippen molar-refractivity contribution in [3.05, 3.63) is 44.7 Å². The van der Waals surface area contributed by atoms with Gasteiger partial charge in [0.2, 0.25) is 0 Å². The van der Waals surface area contributed by atoms with Gasteiger partial charge in [-0.3, -0.25) is 9.69 Å². The standard InChI is InChI=1S/C25H31N5O3S2/c1-17-14-18(33-13-10-30-8-11-32-12-9-30)5-6-20(17)28-25-29-23(31)22(35-25)15-19-16-27-24(34-19)21-4-2-3-7-26-21/h5-6,14-16,21,26H,2-4,7-13H2,1H3,(H,28,29,31). The molecule has 0 aliphatic carbocycles. The van der Waals surface area contributed by atoms with E-state index < -0.39 is 0 Å². The van der Waals surface area contributed by atoms with E-state index in [1.807, 2.05) is 37.4 Å². The highest BCUT2D eigenvalue weighted by atomic mass is 32.2. The average molecular weight is 514 g/mol. The molecule has 3 fully saturated rings. The van der Waals surface area contributed by atoms with Gasteiger partial charge in [0.25, 0.3) is 5.91 Å². The average Bonchev–Trinajstić information content (AvgIpc) is 3.48. The van der Waals surface area contributed by atoms with E-state index in [0.29, 0.717) is 22.7 Å². The van der Waals surface area contributed by atoms with Gasteiger partial charge in [-0.2, -0.15) is 0 Å². The van der Waals surface area contributed by atoms with Crippen molar-refractivity contribution in [2.75, 3.05) is 46.0 Å². The molecular weight excluding hydrogens is 482 g/mol. The Labute approximate surface area is 214 Å². The molecule has 0 spiro atoms. The summed E-state index contributed by atoms with van der Waals surface area (Å²) >= 11 is 3.01. The maximum absolute atomic E-state index is 12.5. The van der Waals surface area contributed by atoms with E-state index in [1.54, 1.807) is 11.3 Å². The lowest BCUT2D eigenvalue weighted by atomic mass is 10.1. The van der Waals surface area contributed by atoms with E-state index in [1.165, 1.54) is 24.6 Å². The number of amides is 1. The number of morpholine rings is 1. The van der Waals surface area contributed by atoms with Gasteiger partial charge < -0.3 is 20.1 Å². The van der Waals surface area contributed by atoms with Crippen LogP contribution in [0.2, 0.25) is 0 Å². The molecular formula is C25H31N5O3S2. The number of aliphatic imine (C=N–C) groups is 1. The minimum absolute atomic E-state index is 0.125. The van der Waals surface area contributed by atoms with Crippen molar-refractivity contribution in [2.45, 2.75) is 32.2 Å². The second-order valence-corrected chi connectivity index (χ2v) is 11.0. The van der Waals surface area contributed by atoms with Crippen LogP contribution in [0.15, 0.2) is 34.3 Å². The lowest BCUT2D eigenvalue weighted by Gasteiger charge is -2.26. The molecule has 0 bridgehead atoms. The van der Waals surface area contributed by atoms with Gasteiger partial charge >= 0.3 is 0 Å². The van der Waals surface area contributed by atoms with E-state index in [2.05, 4.69) is 25.5 Å². The van der Waals surface area contributed by atoms with Gasteiger partial charge in [-0.05, 0) is 67.9 Å². The van der Waals surface area contributed by atoms with Crippen molar-refractivity contribution in [2.24, 2.45) is 4.99 Å². The normalized spacial score (nSPS) is 23.7. The van der Waals surface area contributed by atoms with E-state index in [9.17, 15) is 4.79 Å². The fourth-order valence-electron chi connectivity index (χ4n) is 4.27. The SMILES string of the molecule is Cc1cc(OCCN2CCOCC2)ccc1N=C1NC(=O)C(=Cc2cnc(C3CCCCN3)s2)S1. The molecule has 10 heteroatoms. The van der Waals surface area contributed by atoms with Crippen LogP contribution < -0.4 is 15.4 Å². The van der Waals surface area contributed by atoms with Crippen LogP contribution in [0, 0.1) is 6.92 Å². The van der Waals surface area contributed by atoms with Gasteiger partial charge in [-0.15, -0.1) is 11.3 Å². The minimum atomic E-state index is -0.125. The van der Waals surface area contributed by atoms with Gasteiger partial charge in [-0.1, -0.05) is 6.42 Å². The first-order valence-electron chi connectivity index (χ1n) is 12.2. The lowest BCUT2D eigenvalue weighted by Crippen LogP contribution is -2.38. The number of amidine groups is 1. The second kappa shape index (κ2) is 11.7. The summed E-state index contributed by atoms with van der Waals surface area (Å²) in [6.45, 7) is 8.09. The van der Waals surface area contributed by atoms with Gasteiger partial charge in [0, 0.05) is 30.7 Å². The van der Waals surface area contributed by atoms with Crippen LogP contribution in [-0.2, 0) is 9.53 Å². The summed E-state index contributed by atoms with van der Waals surface area (Å²) in [7, 11) is 0. The number of carbonyl (C=O) groups excluding carboxylic acids is 1. The monoisotopic (exact) mass is 513 g/mol. The molecule has 5 rings (SSSR count). The maximum atomic E-state index is 12.5. The van der Waals surface area contributed by atoms with Crippen LogP contribution in [0.4, 0.5) is 5.69 Å². The number of piperidine rings is 1. The summed E-state index contributed by atoms with van der Waals surface area (Å²) in [5.41, 5.74) is 1.82. The van der Waals surface area contributed by atoms with Crippen molar-refractivity contribution < 1.29 is 14.3 Å². The zero-order valence-corrected chi connectivity index (χ0v) is 21.6. The van der Waals surface area contributed by atoms with Crippen molar-refractivity contribution in [3.8, 4) is 5.75 Å². The summed E-state index contributed by atoms with van der Waals surface area (Å²) in [6, 6.07) is 6.20. The van der Waals surface area contributed by atoms with Crippen molar-refractivity contribution in [3.63, 3.8) is 0 Å². The number of hydrogen-bond acceptors (Lipinski definition) is 9. The zero-order chi connectivity index (χ0) is 24.0. The first-order chi connectivity index (χ1) is 17.1. The number of aromatic nitrogens is 1. The number of carbonyl (C=O) groups is 1. The number of aryl methyl sites for hydroxylation is 1. The Morgan fingerprint density at radius 2 is 2.20 bits per heavy atom. The minimum Gasteiger partial charge on any atom is -0.492 e. The molecule has 1 aromatic heterocycles. The highest BCUT2D eigenvalue weighted by Gasteiger charge is 2.25. The molecule has 2 aromatic rings. The summed E-state index contributed by atoms with van der Waals surface area (Å²) in [6.07, 6.45) is 7.33. The predicted molar refractivity (Wildman–Crippen MR) is 141 cm³/mol. The highest BCUT2D eigenvalue weighted by Crippen LogP contribution is 2.33.